The third kappa shape index (κ3) is 8.69. The van der Waals surface area contributed by atoms with Gasteiger partial charge < -0.3 is 44.1 Å². The number of nitrogens with one attached hydrogen (secondary N) is 2. The summed E-state index contributed by atoms with van der Waals surface area (Å²) in [5.41, 5.74) is 3.63. The van der Waals surface area contributed by atoms with E-state index in [4.69, 9.17) is 33.7 Å². The van der Waals surface area contributed by atoms with Crippen LogP contribution in [0.5, 0.6) is 28.9 Å². The Bertz CT molecular complexity index is 2170. The highest BCUT2D eigenvalue weighted by molar-refractivity contribution is 6.05. The average molecular weight is 751 g/mol. The molecule has 14 nitrogen and oxygen atoms in total. The molecule has 0 radical (unpaired) electrons. The molecule has 0 saturated carbocycles. The normalized spacial score (nSPS) is 14.1. The van der Waals surface area contributed by atoms with Crippen molar-refractivity contribution in [3.05, 3.63) is 77.2 Å². The number of benzene rings is 2. The minimum absolute atomic E-state index is 0.0905. The van der Waals surface area contributed by atoms with Crippen molar-refractivity contribution in [3.63, 3.8) is 0 Å². The van der Waals surface area contributed by atoms with Crippen molar-refractivity contribution in [1.82, 2.24) is 24.8 Å². The first kappa shape index (κ1) is 38.7. The number of aryl methyl sites for hydroxylation is 2. The van der Waals surface area contributed by atoms with E-state index in [0.717, 1.165) is 34.1 Å². The van der Waals surface area contributed by atoms with Crippen molar-refractivity contribution in [2.75, 3.05) is 57.0 Å². The Morgan fingerprint density at radius 3 is 2.38 bits per heavy atom. The molecule has 1 fully saturated rings. The first-order valence-electron chi connectivity index (χ1n) is 18.2. The van der Waals surface area contributed by atoms with E-state index >= 15 is 0 Å². The number of nitrogens with zero attached hydrogens (tertiary/aromatic N) is 6. The lowest BCUT2D eigenvalue weighted by molar-refractivity contribution is 0.0237. The Labute approximate surface area is 322 Å². The van der Waals surface area contributed by atoms with Crippen LogP contribution in [0.1, 0.15) is 49.4 Å². The first-order chi connectivity index (χ1) is 26.3. The zero-order valence-corrected chi connectivity index (χ0v) is 33.2. The van der Waals surface area contributed by atoms with Crippen LogP contribution in [-0.4, -0.2) is 84.0 Å². The molecule has 1 aliphatic heterocycles. The molecule has 1 atom stereocenters. The number of carbonyl (C=O) groups is 1. The number of ether oxygens (including phenoxy) is 5. The van der Waals surface area contributed by atoms with Gasteiger partial charge in [-0.3, -0.25) is 0 Å². The van der Waals surface area contributed by atoms with Gasteiger partial charge in [-0.15, -0.1) is 0 Å². The van der Waals surface area contributed by atoms with Gasteiger partial charge in [0.25, 0.3) is 0 Å². The lowest BCUT2D eigenvalue weighted by Crippen LogP contribution is -2.42. The van der Waals surface area contributed by atoms with E-state index in [-0.39, 0.29) is 12.1 Å². The maximum Gasteiger partial charge on any atom is 0.410 e. The molecule has 5 aromatic rings. The molecule has 3 aromatic heterocycles. The van der Waals surface area contributed by atoms with Gasteiger partial charge in [0.15, 0.2) is 0 Å². The Kier molecular flexibility index (Phi) is 11.3. The lowest BCUT2D eigenvalue weighted by atomic mass is 10.1. The van der Waals surface area contributed by atoms with Crippen LogP contribution in [0.3, 0.4) is 0 Å². The maximum absolute atomic E-state index is 13.0. The highest BCUT2D eigenvalue weighted by Gasteiger charge is 2.33. The molecule has 55 heavy (non-hydrogen) atoms. The largest absolute Gasteiger partial charge is 0.497 e. The van der Waals surface area contributed by atoms with E-state index in [2.05, 4.69) is 25.5 Å². The maximum atomic E-state index is 13.0. The third-order valence-corrected chi connectivity index (χ3v) is 9.48. The summed E-state index contributed by atoms with van der Waals surface area (Å²) < 4.78 is 29.3. The van der Waals surface area contributed by atoms with Crippen molar-refractivity contribution in [2.45, 2.75) is 66.2 Å². The molecule has 2 aromatic carbocycles. The SMILES string of the molecule is COc1ccc(CNc2ncc(Nc3ncc(C)cn3)c3cc(N4CC[C@@H](N(C)C(=O)OC(C)(C)C)C4)nc(Oc4c(C)ccc(OC)c4C)c23)c(OC)c1. The van der Waals surface area contributed by atoms with Gasteiger partial charge in [-0.2, -0.15) is 4.98 Å². The van der Waals surface area contributed by atoms with Gasteiger partial charge in [0.05, 0.1) is 44.6 Å². The topological polar surface area (TPSA) is 145 Å². The van der Waals surface area contributed by atoms with Gasteiger partial charge in [-0.1, -0.05) is 6.07 Å². The lowest BCUT2D eigenvalue weighted by Gasteiger charge is -2.29. The second kappa shape index (κ2) is 16.1. The number of likely N-dealkylation sites (N-methyl/N-ethyl adjacent to an activating group) is 1. The van der Waals surface area contributed by atoms with Gasteiger partial charge in [0.2, 0.25) is 11.8 Å². The Morgan fingerprint density at radius 1 is 0.945 bits per heavy atom. The molecule has 290 valence electrons. The zero-order chi connectivity index (χ0) is 39.4. The van der Waals surface area contributed by atoms with Gasteiger partial charge in [0, 0.05) is 61.7 Å². The second-order valence-electron chi connectivity index (χ2n) is 14.6. The van der Waals surface area contributed by atoms with E-state index in [1.807, 2.05) is 77.9 Å². The van der Waals surface area contributed by atoms with E-state index in [1.54, 1.807) is 51.9 Å². The number of aromatic nitrogens is 4. The molecule has 14 heteroatoms. The molecule has 1 saturated heterocycles. The van der Waals surface area contributed by atoms with E-state index in [0.29, 0.717) is 77.2 Å². The first-order valence-corrected chi connectivity index (χ1v) is 18.2. The number of pyridine rings is 2. The van der Waals surface area contributed by atoms with Crippen molar-refractivity contribution in [2.24, 2.45) is 0 Å². The summed E-state index contributed by atoms with van der Waals surface area (Å²) in [6.07, 6.45) is 5.63. The molecular formula is C41H50N8O6. The summed E-state index contributed by atoms with van der Waals surface area (Å²) in [6, 6.07) is 11.5. The summed E-state index contributed by atoms with van der Waals surface area (Å²) in [5.74, 6) is 4.63. The highest BCUT2D eigenvalue weighted by atomic mass is 16.6. The van der Waals surface area contributed by atoms with Crippen LogP contribution >= 0.6 is 0 Å². The summed E-state index contributed by atoms with van der Waals surface area (Å²) >= 11 is 0. The van der Waals surface area contributed by atoms with Crippen LogP contribution in [0, 0.1) is 20.8 Å². The van der Waals surface area contributed by atoms with Crippen LogP contribution in [0.2, 0.25) is 0 Å². The van der Waals surface area contributed by atoms with Gasteiger partial charge in [-0.25, -0.2) is 19.7 Å². The summed E-state index contributed by atoms with van der Waals surface area (Å²) in [6.45, 7) is 13.1. The number of fused-ring (bicyclic) bond motifs is 1. The smallest absolute Gasteiger partial charge is 0.410 e. The van der Waals surface area contributed by atoms with E-state index in [1.165, 1.54) is 0 Å². The third-order valence-electron chi connectivity index (χ3n) is 9.48. The summed E-state index contributed by atoms with van der Waals surface area (Å²) in [4.78, 5) is 36.0. The number of methoxy groups -OCH3 is 3. The predicted molar refractivity (Wildman–Crippen MR) is 214 cm³/mol. The minimum atomic E-state index is -0.602. The molecule has 4 heterocycles. The van der Waals surface area contributed by atoms with Crippen LogP contribution in [-0.2, 0) is 11.3 Å². The molecule has 0 aliphatic carbocycles. The minimum Gasteiger partial charge on any atom is -0.497 e. The summed E-state index contributed by atoms with van der Waals surface area (Å²) in [5, 5.41) is 8.31. The molecular weight excluding hydrogens is 701 g/mol. The standard InChI is InChI=1S/C41H50N8O6/c1-24-19-44-39(45-20-24)46-31-22-43-37(42-21-27-12-13-29(51-8)17-33(27)53-10)35-30(31)18-34(47-38(35)54-36-25(2)11-14-32(52-9)26(36)3)49-16-15-28(23-49)48(7)40(50)55-41(4,5)6/h11-14,17-20,22,28H,15-16,21,23H2,1-10H3,(H,42,43)(H,44,45,46)/t28-/m1/s1. The monoisotopic (exact) mass is 750 g/mol. The highest BCUT2D eigenvalue weighted by Crippen LogP contribution is 2.43. The Morgan fingerprint density at radius 2 is 1.69 bits per heavy atom. The van der Waals surface area contributed by atoms with Crippen LogP contribution in [0.15, 0.2) is 55.0 Å². The fraction of sp³-hybridized carbons (Fsp3) is 0.390. The molecule has 0 unspecified atom stereocenters. The second-order valence-corrected chi connectivity index (χ2v) is 14.6. The number of hydrogen-bond donors (Lipinski definition) is 2. The number of hydrogen-bond acceptors (Lipinski definition) is 13. The average Bonchev–Trinajstić information content (AvgIpc) is 3.66. The molecule has 2 N–H and O–H groups in total. The molecule has 6 rings (SSSR count). The predicted octanol–water partition coefficient (Wildman–Crippen LogP) is 7.96. The molecule has 1 aliphatic rings. The Hall–Kier alpha value is -6.05. The van der Waals surface area contributed by atoms with Crippen LogP contribution in [0.4, 0.5) is 28.1 Å². The van der Waals surface area contributed by atoms with Crippen molar-refractivity contribution in [3.8, 4) is 28.9 Å². The molecule has 0 bridgehead atoms. The van der Waals surface area contributed by atoms with Gasteiger partial charge in [-0.05, 0) is 83.4 Å². The van der Waals surface area contributed by atoms with Gasteiger partial charge in [0.1, 0.15) is 40.2 Å². The van der Waals surface area contributed by atoms with Crippen LogP contribution in [0.25, 0.3) is 10.8 Å². The number of carbonyl (C=O) groups excluding carboxylic acids is 1. The van der Waals surface area contributed by atoms with Gasteiger partial charge >= 0.3 is 6.09 Å². The fourth-order valence-corrected chi connectivity index (χ4v) is 6.47. The van der Waals surface area contributed by atoms with E-state index in [9.17, 15) is 4.79 Å². The zero-order valence-electron chi connectivity index (χ0n) is 33.2. The van der Waals surface area contributed by atoms with Crippen molar-refractivity contribution < 1.29 is 28.5 Å². The fourth-order valence-electron chi connectivity index (χ4n) is 6.47. The molecule has 0 spiro atoms. The van der Waals surface area contributed by atoms with Crippen molar-refractivity contribution >= 4 is 40.1 Å². The van der Waals surface area contributed by atoms with E-state index < -0.39 is 5.60 Å². The number of amides is 1. The number of anilines is 4. The Balaban J connectivity index is 1.49. The molecule has 1 amide bonds. The number of rotatable bonds is 12. The van der Waals surface area contributed by atoms with Crippen LogP contribution < -0.4 is 34.5 Å². The van der Waals surface area contributed by atoms with Crippen molar-refractivity contribution in [1.29, 1.82) is 0 Å². The summed E-state index contributed by atoms with van der Waals surface area (Å²) in [7, 11) is 6.67. The quantitative estimate of drug-likeness (QED) is 0.127.